The number of rotatable bonds is 6. The molecule has 2 rings (SSSR count). The molecule has 0 aromatic heterocycles. The van der Waals surface area contributed by atoms with Crippen LogP contribution in [0.15, 0.2) is 18.2 Å². The second kappa shape index (κ2) is 7.28. The van der Waals surface area contributed by atoms with Crippen molar-refractivity contribution in [1.29, 1.82) is 0 Å². The van der Waals surface area contributed by atoms with E-state index < -0.39 is 0 Å². The van der Waals surface area contributed by atoms with E-state index >= 15 is 0 Å². The largest absolute Gasteiger partial charge is 0.381 e. The number of hydrogen-bond donors (Lipinski definition) is 1. The van der Waals surface area contributed by atoms with Gasteiger partial charge in [0.15, 0.2) is 0 Å². The highest BCUT2D eigenvalue weighted by atomic mass is 16.5. The molecule has 1 aliphatic rings. The van der Waals surface area contributed by atoms with Crippen LogP contribution < -0.4 is 10.2 Å². The first kappa shape index (κ1) is 16.3. The van der Waals surface area contributed by atoms with Crippen molar-refractivity contribution in [1.82, 2.24) is 5.32 Å². The SMILES string of the molecule is CCNCC1(CN(C)c2cc(C)cc(C)c2)CCOCC1. The Morgan fingerprint density at radius 1 is 1.14 bits per heavy atom. The monoisotopic (exact) mass is 290 g/mol. The van der Waals surface area contributed by atoms with E-state index in [1.54, 1.807) is 0 Å². The van der Waals surface area contributed by atoms with Gasteiger partial charge >= 0.3 is 0 Å². The van der Waals surface area contributed by atoms with Crippen LogP contribution >= 0.6 is 0 Å². The van der Waals surface area contributed by atoms with E-state index in [1.807, 2.05) is 0 Å². The maximum Gasteiger partial charge on any atom is 0.0472 e. The van der Waals surface area contributed by atoms with Crippen LogP contribution in [0.3, 0.4) is 0 Å². The molecule has 3 heteroatoms. The van der Waals surface area contributed by atoms with E-state index in [1.165, 1.54) is 16.8 Å². The molecule has 0 atom stereocenters. The van der Waals surface area contributed by atoms with Gasteiger partial charge in [0, 0.05) is 44.5 Å². The molecule has 1 saturated heterocycles. The first-order valence-electron chi connectivity index (χ1n) is 8.12. The Morgan fingerprint density at radius 2 is 1.76 bits per heavy atom. The van der Waals surface area contributed by atoms with Crippen molar-refractivity contribution in [3.8, 4) is 0 Å². The van der Waals surface area contributed by atoms with Crippen molar-refractivity contribution < 1.29 is 4.74 Å². The second-order valence-corrected chi connectivity index (χ2v) is 6.59. The minimum atomic E-state index is 0.334. The zero-order valence-corrected chi connectivity index (χ0v) is 14.0. The quantitative estimate of drug-likeness (QED) is 0.871. The lowest BCUT2D eigenvalue weighted by Gasteiger charge is -2.41. The van der Waals surface area contributed by atoms with Gasteiger partial charge in [0.25, 0.3) is 0 Å². The lowest BCUT2D eigenvalue weighted by molar-refractivity contribution is 0.0190. The van der Waals surface area contributed by atoms with Gasteiger partial charge in [-0.15, -0.1) is 0 Å². The van der Waals surface area contributed by atoms with Gasteiger partial charge in [0.1, 0.15) is 0 Å². The average molecular weight is 290 g/mol. The van der Waals surface area contributed by atoms with Crippen molar-refractivity contribution >= 4 is 5.69 Å². The van der Waals surface area contributed by atoms with E-state index in [0.29, 0.717) is 5.41 Å². The molecule has 0 amide bonds. The van der Waals surface area contributed by atoms with Crippen molar-refractivity contribution in [2.75, 3.05) is 44.8 Å². The average Bonchev–Trinajstić information content (AvgIpc) is 2.45. The van der Waals surface area contributed by atoms with E-state index in [9.17, 15) is 0 Å². The third-order valence-electron chi connectivity index (χ3n) is 4.52. The summed E-state index contributed by atoms with van der Waals surface area (Å²) < 4.78 is 5.58. The predicted molar refractivity (Wildman–Crippen MR) is 90.2 cm³/mol. The van der Waals surface area contributed by atoms with Crippen molar-refractivity contribution in [3.05, 3.63) is 29.3 Å². The summed E-state index contributed by atoms with van der Waals surface area (Å²) in [5, 5.41) is 3.56. The molecule has 3 nitrogen and oxygen atoms in total. The first-order valence-corrected chi connectivity index (χ1v) is 8.12. The summed E-state index contributed by atoms with van der Waals surface area (Å²) in [5.41, 5.74) is 4.34. The Kier molecular flexibility index (Phi) is 5.65. The number of benzene rings is 1. The fraction of sp³-hybridized carbons (Fsp3) is 0.667. The second-order valence-electron chi connectivity index (χ2n) is 6.59. The standard InChI is InChI=1S/C18H30N2O/c1-5-19-13-18(6-8-21-9-7-18)14-20(4)17-11-15(2)10-16(3)12-17/h10-12,19H,5-9,13-14H2,1-4H3. The van der Waals surface area contributed by atoms with Gasteiger partial charge in [-0.25, -0.2) is 0 Å². The topological polar surface area (TPSA) is 24.5 Å². The summed E-state index contributed by atoms with van der Waals surface area (Å²) in [5.74, 6) is 0. The number of hydrogen-bond acceptors (Lipinski definition) is 3. The number of aryl methyl sites for hydroxylation is 2. The van der Waals surface area contributed by atoms with Gasteiger partial charge in [0.2, 0.25) is 0 Å². The highest BCUT2D eigenvalue weighted by molar-refractivity contribution is 5.50. The van der Waals surface area contributed by atoms with E-state index in [4.69, 9.17) is 4.74 Å². The lowest BCUT2D eigenvalue weighted by atomic mass is 9.79. The molecular formula is C18H30N2O. The number of nitrogens with zero attached hydrogens (tertiary/aromatic N) is 1. The third-order valence-corrected chi connectivity index (χ3v) is 4.52. The van der Waals surface area contributed by atoms with Gasteiger partial charge in [-0.1, -0.05) is 13.0 Å². The molecule has 1 heterocycles. The van der Waals surface area contributed by atoms with Gasteiger partial charge in [-0.3, -0.25) is 0 Å². The Bertz CT molecular complexity index is 432. The molecule has 1 aromatic carbocycles. The molecule has 1 fully saturated rings. The van der Waals surface area contributed by atoms with Crippen molar-refractivity contribution in [2.24, 2.45) is 5.41 Å². The van der Waals surface area contributed by atoms with Gasteiger partial charge in [0.05, 0.1) is 0 Å². The molecule has 0 aliphatic carbocycles. The summed E-state index contributed by atoms with van der Waals surface area (Å²) in [7, 11) is 2.22. The minimum Gasteiger partial charge on any atom is -0.381 e. The molecule has 0 spiro atoms. The van der Waals surface area contributed by atoms with Crippen LogP contribution in [0.25, 0.3) is 0 Å². The summed E-state index contributed by atoms with van der Waals surface area (Å²) in [6, 6.07) is 6.81. The summed E-state index contributed by atoms with van der Waals surface area (Å²) in [6.45, 7) is 11.5. The molecule has 21 heavy (non-hydrogen) atoms. The molecule has 0 unspecified atom stereocenters. The molecular weight excluding hydrogens is 260 g/mol. The maximum absolute atomic E-state index is 5.58. The zero-order valence-electron chi connectivity index (χ0n) is 14.0. The highest BCUT2D eigenvalue weighted by Crippen LogP contribution is 2.32. The van der Waals surface area contributed by atoms with Crippen LogP contribution in [0.5, 0.6) is 0 Å². The Morgan fingerprint density at radius 3 is 2.33 bits per heavy atom. The molecule has 0 radical (unpaired) electrons. The molecule has 1 aliphatic heterocycles. The normalized spacial score (nSPS) is 17.7. The van der Waals surface area contributed by atoms with Crippen LogP contribution in [-0.4, -0.2) is 39.9 Å². The number of ether oxygens (including phenoxy) is 1. The zero-order chi connectivity index (χ0) is 15.3. The molecule has 0 saturated carbocycles. The van der Waals surface area contributed by atoms with E-state index in [2.05, 4.69) is 56.2 Å². The molecule has 1 N–H and O–H groups in total. The molecule has 1 aromatic rings. The van der Waals surface area contributed by atoms with Gasteiger partial charge in [-0.05, 0) is 56.5 Å². The van der Waals surface area contributed by atoms with Crippen LogP contribution in [0.4, 0.5) is 5.69 Å². The van der Waals surface area contributed by atoms with E-state index in [0.717, 1.165) is 45.7 Å². The Labute approximate surface area is 129 Å². The van der Waals surface area contributed by atoms with Gasteiger partial charge in [-0.2, -0.15) is 0 Å². The van der Waals surface area contributed by atoms with Crippen LogP contribution in [0, 0.1) is 19.3 Å². The van der Waals surface area contributed by atoms with Gasteiger partial charge < -0.3 is 15.0 Å². The third kappa shape index (κ3) is 4.45. The fourth-order valence-corrected chi connectivity index (χ4v) is 3.35. The Hall–Kier alpha value is -1.06. The van der Waals surface area contributed by atoms with E-state index in [-0.39, 0.29) is 0 Å². The van der Waals surface area contributed by atoms with Crippen LogP contribution in [-0.2, 0) is 4.74 Å². The van der Waals surface area contributed by atoms with Crippen LogP contribution in [0.2, 0.25) is 0 Å². The van der Waals surface area contributed by atoms with Crippen molar-refractivity contribution in [2.45, 2.75) is 33.6 Å². The summed E-state index contributed by atoms with van der Waals surface area (Å²) in [4.78, 5) is 2.42. The molecule has 0 bridgehead atoms. The minimum absolute atomic E-state index is 0.334. The fourth-order valence-electron chi connectivity index (χ4n) is 3.35. The smallest absolute Gasteiger partial charge is 0.0472 e. The first-order chi connectivity index (χ1) is 10.0. The summed E-state index contributed by atoms with van der Waals surface area (Å²) in [6.07, 6.45) is 2.30. The van der Waals surface area contributed by atoms with Crippen molar-refractivity contribution in [3.63, 3.8) is 0 Å². The number of anilines is 1. The number of nitrogens with one attached hydrogen (secondary N) is 1. The van der Waals surface area contributed by atoms with Crippen LogP contribution in [0.1, 0.15) is 30.9 Å². The summed E-state index contributed by atoms with van der Waals surface area (Å²) >= 11 is 0. The highest BCUT2D eigenvalue weighted by Gasteiger charge is 2.33. The Balaban J connectivity index is 2.11. The lowest BCUT2D eigenvalue weighted by Crippen LogP contribution is -2.46. The molecule has 118 valence electrons. The predicted octanol–water partition coefficient (Wildman–Crippen LogP) is 3.15. The maximum atomic E-state index is 5.58.